The van der Waals surface area contributed by atoms with Crippen molar-refractivity contribution >= 4 is 0 Å². The van der Waals surface area contributed by atoms with Gasteiger partial charge < -0.3 is 37.9 Å². The van der Waals surface area contributed by atoms with E-state index in [1.165, 1.54) is 28.7 Å². The number of ether oxygens (including phenoxy) is 8. The summed E-state index contributed by atoms with van der Waals surface area (Å²) < 4.78 is 44.3. The maximum atomic E-state index is 5.75. The highest BCUT2D eigenvalue weighted by molar-refractivity contribution is 5.33. The van der Waals surface area contributed by atoms with Crippen LogP contribution in [0.3, 0.4) is 0 Å². The zero-order valence-electron chi connectivity index (χ0n) is 43.5. The molecular formula is C58H88O8. The molecule has 0 radical (unpaired) electrons. The SMILES string of the molecule is CCC(C)(C)c1ccc(OC2CCCO2)cc1.CCC(C)c1ccc(OC2CCCO2)cc1.CCOC(C)Oc1ccc(C(C)(C)CC)cc1.CCOC(C)Oc1ccc(C(C)CC)cc1. The van der Waals surface area contributed by atoms with E-state index in [4.69, 9.17) is 37.9 Å². The number of hydrogen-bond donors (Lipinski definition) is 0. The molecule has 8 nitrogen and oxygen atoms in total. The van der Waals surface area contributed by atoms with Crippen molar-refractivity contribution in [1.29, 1.82) is 0 Å². The van der Waals surface area contributed by atoms with Gasteiger partial charge in [-0.15, -0.1) is 0 Å². The first kappa shape index (κ1) is 56.2. The second-order valence-electron chi connectivity index (χ2n) is 18.7. The van der Waals surface area contributed by atoms with E-state index in [2.05, 4.69) is 130 Å². The Bertz CT molecular complexity index is 1830. The summed E-state index contributed by atoms with van der Waals surface area (Å²) in [7, 11) is 0. The highest BCUT2D eigenvalue weighted by Crippen LogP contribution is 2.30. The fourth-order valence-electron chi connectivity index (χ4n) is 7.11. The van der Waals surface area contributed by atoms with Crippen LogP contribution in [0.4, 0.5) is 0 Å². The lowest BCUT2D eigenvalue weighted by Crippen LogP contribution is -2.17. The molecule has 6 rings (SSSR count). The van der Waals surface area contributed by atoms with Crippen molar-refractivity contribution in [2.24, 2.45) is 0 Å². The van der Waals surface area contributed by atoms with Crippen LogP contribution in [-0.4, -0.2) is 51.6 Å². The first-order valence-corrected chi connectivity index (χ1v) is 25.1. The van der Waals surface area contributed by atoms with Gasteiger partial charge >= 0.3 is 0 Å². The Kier molecular flexibility index (Phi) is 25.2. The van der Waals surface area contributed by atoms with Gasteiger partial charge in [0.1, 0.15) is 23.0 Å². The third-order valence-corrected chi connectivity index (χ3v) is 12.9. The van der Waals surface area contributed by atoms with Crippen LogP contribution in [0.5, 0.6) is 23.0 Å². The molecule has 0 aromatic heterocycles. The minimum Gasteiger partial charge on any atom is -0.465 e. The van der Waals surface area contributed by atoms with Gasteiger partial charge in [-0.1, -0.05) is 118 Å². The lowest BCUT2D eigenvalue weighted by atomic mass is 9.82. The fourth-order valence-corrected chi connectivity index (χ4v) is 7.11. The molecule has 0 aliphatic carbocycles. The average Bonchev–Trinajstić information content (AvgIpc) is 4.05. The molecule has 2 aliphatic rings. The predicted molar refractivity (Wildman–Crippen MR) is 272 cm³/mol. The van der Waals surface area contributed by atoms with Gasteiger partial charge in [-0.2, -0.15) is 0 Å². The largest absolute Gasteiger partial charge is 0.465 e. The Hall–Kier alpha value is -4.08. The molecule has 66 heavy (non-hydrogen) atoms. The smallest absolute Gasteiger partial charge is 0.199 e. The molecule has 0 saturated carbocycles. The van der Waals surface area contributed by atoms with Crippen LogP contribution in [0.25, 0.3) is 0 Å². The van der Waals surface area contributed by atoms with Gasteiger partial charge in [0.05, 0.1) is 13.2 Å². The Labute approximate surface area is 401 Å². The zero-order valence-corrected chi connectivity index (χ0v) is 43.5. The van der Waals surface area contributed by atoms with Crippen molar-refractivity contribution in [1.82, 2.24) is 0 Å². The van der Waals surface area contributed by atoms with E-state index in [1.807, 2.05) is 64.1 Å². The molecule has 0 bridgehead atoms. The standard InChI is InChI=1S/C15H22O2.C15H24O2.C14H20O2.C14H22O2/c1-4-15(2,3)12-7-9-13(10-8-12)17-14-6-5-11-16-14;1-6-15(4,5)13-8-10-14(11-9-13)17-12(3)16-7-2;1-3-11(2)12-6-8-13(9-7-12)16-14-5-4-10-15-14;1-5-11(3)13-7-9-14(10-8-13)16-12(4)15-6-2/h7-10,14H,4-6,11H2,1-3H3;8-12H,6-7H2,1-5H3;6-9,11,14H,3-5,10H2,1-2H3;7-12H,5-6H2,1-4H3. The Balaban J connectivity index is 0.000000234. The summed E-state index contributed by atoms with van der Waals surface area (Å²) in [5.41, 5.74) is 5.91. The van der Waals surface area contributed by atoms with E-state index < -0.39 is 0 Å². The molecule has 6 unspecified atom stereocenters. The molecule has 368 valence electrons. The first-order chi connectivity index (χ1) is 31.6. The molecule has 2 fully saturated rings. The normalized spacial score (nSPS) is 17.6. The molecule has 0 N–H and O–H groups in total. The van der Waals surface area contributed by atoms with Gasteiger partial charge in [0.2, 0.25) is 0 Å². The van der Waals surface area contributed by atoms with Crippen LogP contribution in [0, 0.1) is 0 Å². The lowest BCUT2D eigenvalue weighted by molar-refractivity contribution is -0.0616. The van der Waals surface area contributed by atoms with Crippen LogP contribution in [-0.2, 0) is 29.8 Å². The van der Waals surface area contributed by atoms with Gasteiger partial charge in [-0.05, 0) is 160 Å². The monoisotopic (exact) mass is 913 g/mol. The van der Waals surface area contributed by atoms with Crippen LogP contribution in [0.2, 0.25) is 0 Å². The summed E-state index contributed by atoms with van der Waals surface area (Å²) in [6.07, 6.45) is 8.37. The molecule has 4 aromatic carbocycles. The van der Waals surface area contributed by atoms with E-state index in [0.29, 0.717) is 25.0 Å². The Morgan fingerprint density at radius 3 is 1.08 bits per heavy atom. The van der Waals surface area contributed by atoms with Crippen LogP contribution in [0.1, 0.15) is 182 Å². The van der Waals surface area contributed by atoms with Crippen LogP contribution >= 0.6 is 0 Å². The third kappa shape index (κ3) is 20.0. The molecule has 8 heteroatoms. The van der Waals surface area contributed by atoms with Gasteiger partial charge in [0.15, 0.2) is 25.2 Å². The number of rotatable bonds is 20. The molecule has 0 spiro atoms. The summed E-state index contributed by atoms with van der Waals surface area (Å²) in [4.78, 5) is 0. The lowest BCUT2D eigenvalue weighted by Gasteiger charge is -2.23. The van der Waals surface area contributed by atoms with Crippen molar-refractivity contribution in [3.8, 4) is 23.0 Å². The van der Waals surface area contributed by atoms with Gasteiger partial charge in [-0.3, -0.25) is 0 Å². The fraction of sp³-hybridized carbons (Fsp3) is 0.586. The van der Waals surface area contributed by atoms with E-state index in [1.54, 1.807) is 0 Å². The summed E-state index contributed by atoms with van der Waals surface area (Å²) in [6, 6.07) is 33.4. The zero-order chi connectivity index (χ0) is 48.5. The Morgan fingerprint density at radius 2 is 0.788 bits per heavy atom. The minimum absolute atomic E-state index is 0.0329. The maximum absolute atomic E-state index is 5.75. The van der Waals surface area contributed by atoms with Crippen molar-refractivity contribution in [2.45, 2.75) is 196 Å². The summed E-state index contributed by atoms with van der Waals surface area (Å²) in [5.74, 6) is 4.79. The highest BCUT2D eigenvalue weighted by atomic mass is 16.7. The van der Waals surface area contributed by atoms with Crippen molar-refractivity contribution in [3.63, 3.8) is 0 Å². The molecule has 2 heterocycles. The maximum Gasteiger partial charge on any atom is 0.199 e. The van der Waals surface area contributed by atoms with E-state index >= 15 is 0 Å². The average molecular weight is 913 g/mol. The van der Waals surface area contributed by atoms with Crippen molar-refractivity contribution < 1.29 is 37.9 Å². The summed E-state index contributed by atoms with van der Waals surface area (Å²) >= 11 is 0. The molecule has 4 aromatic rings. The van der Waals surface area contributed by atoms with Crippen LogP contribution < -0.4 is 18.9 Å². The van der Waals surface area contributed by atoms with E-state index in [-0.39, 0.29) is 36.0 Å². The minimum atomic E-state index is -0.190. The van der Waals surface area contributed by atoms with Gasteiger partial charge in [-0.25, -0.2) is 0 Å². The summed E-state index contributed by atoms with van der Waals surface area (Å²) in [6.45, 7) is 33.1. The number of benzene rings is 4. The van der Waals surface area contributed by atoms with Gasteiger partial charge in [0.25, 0.3) is 0 Å². The van der Waals surface area contributed by atoms with E-state index in [0.717, 1.165) is 81.2 Å². The third-order valence-electron chi connectivity index (χ3n) is 12.9. The van der Waals surface area contributed by atoms with Gasteiger partial charge in [0, 0.05) is 26.1 Å². The molecule has 6 atom stereocenters. The number of hydrogen-bond acceptors (Lipinski definition) is 8. The first-order valence-electron chi connectivity index (χ1n) is 25.1. The van der Waals surface area contributed by atoms with Crippen molar-refractivity contribution in [2.75, 3.05) is 26.4 Å². The predicted octanol–water partition coefficient (Wildman–Crippen LogP) is 15.7. The quantitative estimate of drug-likeness (QED) is 0.0812. The second kappa shape index (κ2) is 29.6. The summed E-state index contributed by atoms with van der Waals surface area (Å²) in [5, 5.41) is 0. The second-order valence-corrected chi connectivity index (χ2v) is 18.7. The highest BCUT2D eigenvalue weighted by Gasteiger charge is 2.21. The van der Waals surface area contributed by atoms with Crippen LogP contribution in [0.15, 0.2) is 97.1 Å². The van der Waals surface area contributed by atoms with E-state index in [9.17, 15) is 0 Å². The molecule has 2 aliphatic heterocycles. The molecular weight excluding hydrogens is 825 g/mol. The Morgan fingerprint density at radius 1 is 0.470 bits per heavy atom. The topological polar surface area (TPSA) is 73.8 Å². The molecule has 2 saturated heterocycles. The van der Waals surface area contributed by atoms with Crippen molar-refractivity contribution in [3.05, 3.63) is 119 Å². The molecule has 0 amide bonds.